The zero-order valence-electron chi connectivity index (χ0n) is 19.6. The topological polar surface area (TPSA) is 77.1 Å². The smallest absolute Gasteiger partial charge is 0.242 e. The van der Waals surface area contributed by atoms with Crippen LogP contribution in [0.15, 0.2) is 42.5 Å². The lowest BCUT2D eigenvalue weighted by atomic mass is 10.1. The second kappa shape index (κ2) is 12.6. The quantitative estimate of drug-likeness (QED) is 0.544. The molecule has 0 fully saturated rings. The molecule has 2 rings (SSSR count). The Morgan fingerprint density at radius 1 is 0.938 bits per heavy atom. The minimum atomic E-state index is -0.582. The van der Waals surface area contributed by atoms with E-state index in [1.54, 1.807) is 33.2 Å². The highest BCUT2D eigenvalue weighted by molar-refractivity contribution is 5.87. The van der Waals surface area contributed by atoms with Crippen LogP contribution in [-0.2, 0) is 22.6 Å². The first-order valence-corrected chi connectivity index (χ1v) is 10.8. The van der Waals surface area contributed by atoms with Gasteiger partial charge in [0.25, 0.3) is 0 Å². The number of hydrogen-bond acceptors (Lipinski definition) is 5. The molecule has 0 aliphatic rings. The van der Waals surface area contributed by atoms with Gasteiger partial charge in [-0.3, -0.25) is 9.59 Å². The summed E-state index contributed by atoms with van der Waals surface area (Å²) in [6.45, 7) is 4.55. The molecule has 0 saturated heterocycles. The summed E-state index contributed by atoms with van der Waals surface area (Å²) in [4.78, 5) is 27.2. The molecule has 1 atom stereocenters. The van der Waals surface area contributed by atoms with Crippen molar-refractivity contribution in [2.24, 2.45) is 0 Å². The normalized spacial score (nSPS) is 11.4. The number of ether oxygens (including phenoxy) is 3. The molecular formula is C25H34N2O5. The van der Waals surface area contributed by atoms with Crippen molar-refractivity contribution in [1.82, 2.24) is 10.2 Å². The fourth-order valence-corrected chi connectivity index (χ4v) is 3.38. The number of carbonyl (C=O) groups excluding carboxylic acids is 2. The van der Waals surface area contributed by atoms with E-state index in [-0.39, 0.29) is 11.8 Å². The highest BCUT2D eigenvalue weighted by Gasteiger charge is 2.25. The molecule has 7 nitrogen and oxygen atoms in total. The molecular weight excluding hydrogens is 408 g/mol. The van der Waals surface area contributed by atoms with Crippen molar-refractivity contribution in [1.29, 1.82) is 0 Å². The van der Waals surface area contributed by atoms with Gasteiger partial charge in [-0.25, -0.2) is 0 Å². The predicted molar refractivity (Wildman–Crippen MR) is 124 cm³/mol. The Balaban J connectivity index is 2.00. The number of methoxy groups -OCH3 is 3. The molecule has 0 aromatic heterocycles. The summed E-state index contributed by atoms with van der Waals surface area (Å²) in [6.07, 6.45) is 1.77. The van der Waals surface area contributed by atoms with Crippen molar-refractivity contribution in [2.45, 2.75) is 45.7 Å². The summed E-state index contributed by atoms with van der Waals surface area (Å²) in [6, 6.07) is 12.6. The van der Waals surface area contributed by atoms with Crippen molar-refractivity contribution in [2.75, 3.05) is 27.9 Å². The number of carbonyl (C=O) groups is 2. The Kier molecular flexibility index (Phi) is 9.85. The van der Waals surface area contributed by atoms with Gasteiger partial charge in [0.1, 0.15) is 11.8 Å². The first-order chi connectivity index (χ1) is 15.4. The molecule has 2 amide bonds. The number of hydrogen-bond donors (Lipinski definition) is 1. The van der Waals surface area contributed by atoms with Crippen LogP contribution in [0, 0.1) is 0 Å². The summed E-state index contributed by atoms with van der Waals surface area (Å²) >= 11 is 0. The molecule has 0 heterocycles. The molecule has 0 aliphatic carbocycles. The minimum absolute atomic E-state index is 0.0362. The SMILES string of the molecule is CCCC(=O)N(Cc1ccc(OC)cc1)C(C)C(=O)NCCc1ccc(OC)c(OC)c1. The summed E-state index contributed by atoms with van der Waals surface area (Å²) in [5.41, 5.74) is 1.97. The monoisotopic (exact) mass is 442 g/mol. The number of nitrogens with zero attached hydrogens (tertiary/aromatic N) is 1. The van der Waals surface area contributed by atoms with Crippen molar-refractivity contribution in [3.05, 3.63) is 53.6 Å². The molecule has 0 bridgehead atoms. The highest BCUT2D eigenvalue weighted by atomic mass is 16.5. The maximum absolute atomic E-state index is 12.8. The Morgan fingerprint density at radius 3 is 2.19 bits per heavy atom. The molecule has 1 unspecified atom stereocenters. The van der Waals surface area contributed by atoms with Crippen LogP contribution in [0.5, 0.6) is 17.2 Å². The van der Waals surface area contributed by atoms with E-state index in [4.69, 9.17) is 14.2 Å². The zero-order chi connectivity index (χ0) is 23.5. The molecule has 1 N–H and O–H groups in total. The van der Waals surface area contributed by atoms with Gasteiger partial charge in [0.2, 0.25) is 11.8 Å². The van der Waals surface area contributed by atoms with Crippen molar-refractivity contribution in [3.63, 3.8) is 0 Å². The van der Waals surface area contributed by atoms with Gasteiger partial charge >= 0.3 is 0 Å². The van der Waals surface area contributed by atoms with Crippen LogP contribution < -0.4 is 19.5 Å². The number of rotatable bonds is 12. The van der Waals surface area contributed by atoms with Crippen LogP contribution in [0.3, 0.4) is 0 Å². The zero-order valence-corrected chi connectivity index (χ0v) is 19.6. The average molecular weight is 443 g/mol. The van der Waals surface area contributed by atoms with E-state index in [1.165, 1.54) is 0 Å². The second-order valence-corrected chi connectivity index (χ2v) is 7.53. The van der Waals surface area contributed by atoms with Gasteiger partial charge in [0, 0.05) is 19.5 Å². The lowest BCUT2D eigenvalue weighted by Crippen LogP contribution is -2.47. The Labute approximate surface area is 190 Å². The van der Waals surface area contributed by atoms with E-state index in [2.05, 4.69) is 5.32 Å². The van der Waals surface area contributed by atoms with Gasteiger partial charge in [-0.05, 0) is 55.2 Å². The van der Waals surface area contributed by atoms with Gasteiger partial charge in [0.05, 0.1) is 21.3 Å². The Hall–Kier alpha value is -3.22. The molecule has 2 aromatic carbocycles. The molecule has 2 aromatic rings. The van der Waals surface area contributed by atoms with Gasteiger partial charge in [-0.1, -0.05) is 25.1 Å². The number of nitrogens with one attached hydrogen (secondary N) is 1. The molecule has 0 radical (unpaired) electrons. The molecule has 174 valence electrons. The van der Waals surface area contributed by atoms with Crippen LogP contribution in [0.2, 0.25) is 0 Å². The Bertz CT molecular complexity index is 882. The summed E-state index contributed by atoms with van der Waals surface area (Å²) in [5, 5.41) is 2.95. The van der Waals surface area contributed by atoms with Gasteiger partial charge in [-0.2, -0.15) is 0 Å². The van der Waals surface area contributed by atoms with Gasteiger partial charge in [0.15, 0.2) is 11.5 Å². The standard InChI is InChI=1S/C25H34N2O5/c1-6-7-24(28)27(17-20-8-11-21(30-3)12-9-20)18(2)25(29)26-15-14-19-10-13-22(31-4)23(16-19)32-5/h8-13,16,18H,6-7,14-15,17H2,1-5H3,(H,26,29). The summed E-state index contributed by atoms with van der Waals surface area (Å²) in [7, 11) is 4.80. The van der Waals surface area contributed by atoms with E-state index >= 15 is 0 Å². The molecule has 7 heteroatoms. The summed E-state index contributed by atoms with van der Waals surface area (Å²) < 4.78 is 15.8. The first-order valence-electron chi connectivity index (χ1n) is 10.8. The highest BCUT2D eigenvalue weighted by Crippen LogP contribution is 2.27. The fraction of sp³-hybridized carbons (Fsp3) is 0.440. The number of benzene rings is 2. The Morgan fingerprint density at radius 2 is 1.59 bits per heavy atom. The molecule has 0 aliphatic heterocycles. The number of amides is 2. The van der Waals surface area contributed by atoms with Crippen molar-refractivity contribution in [3.8, 4) is 17.2 Å². The lowest BCUT2D eigenvalue weighted by Gasteiger charge is -2.29. The van der Waals surface area contributed by atoms with Crippen molar-refractivity contribution < 1.29 is 23.8 Å². The minimum Gasteiger partial charge on any atom is -0.497 e. The van der Waals surface area contributed by atoms with E-state index in [0.717, 1.165) is 23.3 Å². The van der Waals surface area contributed by atoms with Crippen LogP contribution in [0.25, 0.3) is 0 Å². The lowest BCUT2D eigenvalue weighted by molar-refractivity contribution is -0.140. The third-order valence-corrected chi connectivity index (χ3v) is 5.30. The van der Waals surface area contributed by atoms with Crippen molar-refractivity contribution >= 4 is 11.8 Å². The largest absolute Gasteiger partial charge is 0.497 e. The van der Waals surface area contributed by atoms with Gasteiger partial charge in [-0.15, -0.1) is 0 Å². The third kappa shape index (κ3) is 6.90. The van der Waals surface area contributed by atoms with E-state index in [0.29, 0.717) is 37.4 Å². The van der Waals surface area contributed by atoms with Crippen LogP contribution in [-0.4, -0.2) is 50.6 Å². The van der Waals surface area contributed by atoms with E-state index in [1.807, 2.05) is 49.4 Å². The maximum atomic E-state index is 12.8. The average Bonchev–Trinajstić information content (AvgIpc) is 2.82. The van der Waals surface area contributed by atoms with Crippen LogP contribution in [0.1, 0.15) is 37.8 Å². The van der Waals surface area contributed by atoms with Crippen LogP contribution >= 0.6 is 0 Å². The second-order valence-electron chi connectivity index (χ2n) is 7.53. The van der Waals surface area contributed by atoms with Crippen LogP contribution in [0.4, 0.5) is 0 Å². The molecule has 0 saturated carbocycles. The summed E-state index contributed by atoms with van der Waals surface area (Å²) in [5.74, 6) is 1.86. The fourth-order valence-electron chi connectivity index (χ4n) is 3.38. The maximum Gasteiger partial charge on any atom is 0.242 e. The first kappa shape index (κ1) is 25.0. The van der Waals surface area contributed by atoms with E-state index in [9.17, 15) is 9.59 Å². The van der Waals surface area contributed by atoms with Gasteiger partial charge < -0.3 is 24.4 Å². The third-order valence-electron chi connectivity index (χ3n) is 5.30. The molecule has 0 spiro atoms. The van der Waals surface area contributed by atoms with E-state index < -0.39 is 6.04 Å². The predicted octanol–water partition coefficient (Wildman–Crippen LogP) is 3.59. The molecule has 32 heavy (non-hydrogen) atoms.